The van der Waals surface area contributed by atoms with Gasteiger partial charge < -0.3 is 14.6 Å². The van der Waals surface area contributed by atoms with Gasteiger partial charge in [-0.1, -0.05) is 11.6 Å². The van der Waals surface area contributed by atoms with E-state index >= 15 is 0 Å². The van der Waals surface area contributed by atoms with Crippen molar-refractivity contribution in [2.45, 2.75) is 0 Å². The minimum absolute atomic E-state index is 0.0188. The Bertz CT molecular complexity index is 393. The SMILES string of the molecule is O=C(O)c1ncc2c(c1Cl)OCCO2. The van der Waals surface area contributed by atoms with E-state index in [4.69, 9.17) is 26.2 Å². The Balaban J connectivity index is 2.54. The smallest absolute Gasteiger partial charge is 0.356 e. The molecule has 5 nitrogen and oxygen atoms in total. The highest BCUT2D eigenvalue weighted by Crippen LogP contribution is 2.37. The fraction of sp³-hybridized carbons (Fsp3) is 0.250. The fourth-order valence-electron chi connectivity index (χ4n) is 1.14. The van der Waals surface area contributed by atoms with Gasteiger partial charge in [-0.3, -0.25) is 0 Å². The molecule has 1 aliphatic heterocycles. The first-order valence-electron chi connectivity index (χ1n) is 3.87. The van der Waals surface area contributed by atoms with E-state index in [1.807, 2.05) is 0 Å². The summed E-state index contributed by atoms with van der Waals surface area (Å²) in [5, 5.41) is 8.71. The molecule has 1 aliphatic rings. The number of rotatable bonds is 1. The average molecular weight is 216 g/mol. The second-order valence-electron chi connectivity index (χ2n) is 2.62. The number of aromatic nitrogens is 1. The number of aromatic carboxylic acids is 1. The van der Waals surface area contributed by atoms with Crippen LogP contribution >= 0.6 is 11.6 Å². The predicted molar refractivity (Wildman–Crippen MR) is 47.2 cm³/mol. The highest BCUT2D eigenvalue weighted by molar-refractivity contribution is 6.34. The number of pyridine rings is 1. The molecule has 0 amide bonds. The van der Waals surface area contributed by atoms with Gasteiger partial charge in [0.25, 0.3) is 0 Å². The van der Waals surface area contributed by atoms with Crippen molar-refractivity contribution in [2.75, 3.05) is 13.2 Å². The van der Waals surface area contributed by atoms with E-state index in [1.165, 1.54) is 6.20 Å². The van der Waals surface area contributed by atoms with Crippen LogP contribution < -0.4 is 9.47 Å². The summed E-state index contributed by atoms with van der Waals surface area (Å²) in [7, 11) is 0. The van der Waals surface area contributed by atoms with E-state index in [-0.39, 0.29) is 16.5 Å². The molecule has 6 heteroatoms. The van der Waals surface area contributed by atoms with E-state index in [9.17, 15) is 4.79 Å². The lowest BCUT2D eigenvalue weighted by Gasteiger charge is -2.19. The van der Waals surface area contributed by atoms with Crippen LogP contribution in [-0.2, 0) is 0 Å². The molecule has 74 valence electrons. The average Bonchev–Trinajstić information content (AvgIpc) is 2.18. The maximum atomic E-state index is 10.7. The van der Waals surface area contributed by atoms with Gasteiger partial charge in [-0.25, -0.2) is 9.78 Å². The number of carboxylic acids is 1. The number of hydrogen-bond donors (Lipinski definition) is 1. The number of nitrogens with zero attached hydrogens (tertiary/aromatic N) is 1. The van der Waals surface area contributed by atoms with Crippen molar-refractivity contribution in [3.63, 3.8) is 0 Å². The Morgan fingerprint density at radius 1 is 1.50 bits per heavy atom. The third kappa shape index (κ3) is 1.35. The highest BCUT2D eigenvalue weighted by atomic mass is 35.5. The quantitative estimate of drug-likeness (QED) is 0.763. The van der Waals surface area contributed by atoms with Gasteiger partial charge in [0.2, 0.25) is 0 Å². The summed E-state index contributed by atoms with van der Waals surface area (Å²) < 4.78 is 10.4. The van der Waals surface area contributed by atoms with Crippen LogP contribution in [-0.4, -0.2) is 29.3 Å². The first kappa shape index (κ1) is 9.08. The number of carboxylic acid groups (broad SMARTS) is 1. The van der Waals surface area contributed by atoms with E-state index in [2.05, 4.69) is 4.98 Å². The van der Waals surface area contributed by atoms with Crippen LogP contribution in [0.3, 0.4) is 0 Å². The van der Waals surface area contributed by atoms with Gasteiger partial charge in [0.1, 0.15) is 18.2 Å². The molecule has 1 N–H and O–H groups in total. The molecule has 2 heterocycles. The molecule has 0 atom stereocenters. The minimum Gasteiger partial charge on any atom is -0.484 e. The highest BCUT2D eigenvalue weighted by Gasteiger charge is 2.22. The molecule has 0 bridgehead atoms. The molecular formula is C8H6ClNO4. The number of carbonyl (C=O) groups is 1. The van der Waals surface area contributed by atoms with Crippen LogP contribution in [0.15, 0.2) is 6.20 Å². The van der Waals surface area contributed by atoms with Gasteiger partial charge >= 0.3 is 5.97 Å². The summed E-state index contributed by atoms with van der Waals surface area (Å²) >= 11 is 5.77. The van der Waals surface area contributed by atoms with Crippen molar-refractivity contribution >= 4 is 17.6 Å². The molecule has 0 aromatic carbocycles. The zero-order chi connectivity index (χ0) is 10.1. The summed E-state index contributed by atoms with van der Waals surface area (Å²) in [6.07, 6.45) is 1.30. The normalized spacial score (nSPS) is 13.8. The molecule has 0 saturated carbocycles. The van der Waals surface area contributed by atoms with Crippen LogP contribution in [0.5, 0.6) is 11.5 Å². The summed E-state index contributed by atoms with van der Waals surface area (Å²) in [6.45, 7) is 0.771. The van der Waals surface area contributed by atoms with Crippen LogP contribution in [0.1, 0.15) is 10.5 Å². The first-order valence-corrected chi connectivity index (χ1v) is 4.25. The van der Waals surface area contributed by atoms with Gasteiger partial charge in [-0.05, 0) is 0 Å². The van der Waals surface area contributed by atoms with Gasteiger partial charge in [-0.15, -0.1) is 0 Å². The first-order chi connectivity index (χ1) is 6.70. The maximum Gasteiger partial charge on any atom is 0.356 e. The van der Waals surface area contributed by atoms with Crippen molar-refractivity contribution in [1.29, 1.82) is 0 Å². The molecule has 0 spiro atoms. The largest absolute Gasteiger partial charge is 0.484 e. The Labute approximate surface area is 84.2 Å². The standard InChI is InChI=1S/C8H6ClNO4/c9-5-6(8(11)12)10-3-4-7(5)14-2-1-13-4/h3H,1-2H2,(H,11,12). The Hall–Kier alpha value is -1.49. The second kappa shape index (κ2) is 3.34. The van der Waals surface area contributed by atoms with E-state index in [0.29, 0.717) is 19.0 Å². The number of hydrogen-bond acceptors (Lipinski definition) is 4. The molecule has 0 unspecified atom stereocenters. The Kier molecular flexibility index (Phi) is 2.17. The lowest BCUT2D eigenvalue weighted by molar-refractivity contribution is 0.0689. The molecule has 2 rings (SSSR count). The van der Waals surface area contributed by atoms with E-state index in [1.54, 1.807) is 0 Å². The van der Waals surface area contributed by atoms with Crippen molar-refractivity contribution in [3.05, 3.63) is 16.9 Å². The van der Waals surface area contributed by atoms with Crippen LogP contribution in [0, 0.1) is 0 Å². The third-order valence-electron chi connectivity index (χ3n) is 1.73. The van der Waals surface area contributed by atoms with Gasteiger partial charge in [0.15, 0.2) is 17.2 Å². The summed E-state index contributed by atoms with van der Waals surface area (Å²) in [5.41, 5.74) is -0.226. The van der Waals surface area contributed by atoms with Gasteiger partial charge in [-0.2, -0.15) is 0 Å². The van der Waals surface area contributed by atoms with Crippen molar-refractivity contribution in [1.82, 2.24) is 4.98 Å². The fourth-order valence-corrected chi connectivity index (χ4v) is 1.41. The molecule has 0 saturated heterocycles. The zero-order valence-corrected chi connectivity index (χ0v) is 7.74. The van der Waals surface area contributed by atoms with Crippen LogP contribution in [0.25, 0.3) is 0 Å². The van der Waals surface area contributed by atoms with Crippen molar-refractivity contribution in [3.8, 4) is 11.5 Å². The Morgan fingerprint density at radius 3 is 2.93 bits per heavy atom. The van der Waals surface area contributed by atoms with Gasteiger partial charge in [0, 0.05) is 0 Å². The number of halogens is 1. The maximum absolute atomic E-state index is 10.7. The minimum atomic E-state index is -1.19. The lowest BCUT2D eigenvalue weighted by atomic mass is 10.3. The molecule has 0 fully saturated rings. The second-order valence-corrected chi connectivity index (χ2v) is 2.99. The van der Waals surface area contributed by atoms with E-state index in [0.717, 1.165) is 0 Å². The lowest BCUT2D eigenvalue weighted by Crippen LogP contribution is -2.17. The predicted octanol–water partition coefficient (Wildman–Crippen LogP) is 1.20. The van der Waals surface area contributed by atoms with Gasteiger partial charge in [0.05, 0.1) is 6.20 Å². The monoisotopic (exact) mass is 215 g/mol. The molecule has 0 aliphatic carbocycles. The van der Waals surface area contributed by atoms with Crippen LogP contribution in [0.4, 0.5) is 0 Å². The van der Waals surface area contributed by atoms with Crippen LogP contribution in [0.2, 0.25) is 5.02 Å². The topological polar surface area (TPSA) is 68.7 Å². The number of fused-ring (bicyclic) bond motifs is 1. The molecule has 14 heavy (non-hydrogen) atoms. The Morgan fingerprint density at radius 2 is 2.21 bits per heavy atom. The molecule has 0 radical (unpaired) electrons. The number of ether oxygens (including phenoxy) is 2. The molecule has 1 aromatic rings. The molecular weight excluding hydrogens is 210 g/mol. The summed E-state index contributed by atoms with van der Waals surface area (Å²) in [4.78, 5) is 14.3. The summed E-state index contributed by atoms with van der Waals surface area (Å²) in [6, 6.07) is 0. The molecule has 1 aromatic heterocycles. The van der Waals surface area contributed by atoms with E-state index < -0.39 is 5.97 Å². The van der Waals surface area contributed by atoms with Crippen molar-refractivity contribution < 1.29 is 19.4 Å². The zero-order valence-electron chi connectivity index (χ0n) is 6.99. The van der Waals surface area contributed by atoms with Crippen molar-refractivity contribution in [2.24, 2.45) is 0 Å². The summed E-state index contributed by atoms with van der Waals surface area (Å²) in [5.74, 6) is -0.552. The third-order valence-corrected chi connectivity index (χ3v) is 2.08.